The highest BCUT2D eigenvalue weighted by Gasteiger charge is 2.14. The van der Waals surface area contributed by atoms with Crippen LogP contribution in [0.25, 0.3) is 0 Å². The first-order valence-electron chi connectivity index (χ1n) is 4.81. The topological polar surface area (TPSA) is 44.1 Å². The number of rotatable bonds is 5. The van der Waals surface area contributed by atoms with Crippen LogP contribution >= 0.6 is 0 Å². The quantitative estimate of drug-likeness (QED) is 0.674. The highest BCUT2D eigenvalue weighted by atomic mass is 16.5. The molecule has 0 spiro atoms. The molecule has 0 bridgehead atoms. The van der Waals surface area contributed by atoms with Gasteiger partial charge in [-0.15, -0.1) is 0 Å². The van der Waals surface area contributed by atoms with Crippen molar-refractivity contribution in [2.75, 3.05) is 7.11 Å². The van der Waals surface area contributed by atoms with Crippen LogP contribution in [0.5, 0.6) is 5.88 Å². The zero-order valence-electron chi connectivity index (χ0n) is 8.91. The minimum atomic E-state index is 0.559. The third-order valence-electron chi connectivity index (χ3n) is 2.16. The second-order valence-corrected chi connectivity index (χ2v) is 3.20. The molecule has 0 aliphatic heterocycles. The molecule has 0 aliphatic rings. The lowest BCUT2D eigenvalue weighted by atomic mass is 10.3. The zero-order valence-corrected chi connectivity index (χ0v) is 8.91. The first-order valence-corrected chi connectivity index (χ1v) is 4.81. The smallest absolute Gasteiger partial charge is 0.222 e. The van der Waals surface area contributed by atoms with Gasteiger partial charge in [-0.05, 0) is 13.3 Å². The Morgan fingerprint density at radius 2 is 2.29 bits per heavy atom. The highest BCUT2D eigenvalue weighted by Crippen LogP contribution is 2.20. The van der Waals surface area contributed by atoms with E-state index < -0.39 is 0 Å². The number of methoxy groups -OCH3 is 1. The molecule has 14 heavy (non-hydrogen) atoms. The number of ether oxygens (including phenoxy) is 1. The number of aromatic nitrogens is 2. The number of carbonyl (C=O) groups excluding carboxylic acids is 1. The predicted molar refractivity (Wildman–Crippen MR) is 53.8 cm³/mol. The van der Waals surface area contributed by atoms with Gasteiger partial charge in [0.1, 0.15) is 0 Å². The van der Waals surface area contributed by atoms with Crippen molar-refractivity contribution in [3.63, 3.8) is 0 Å². The summed E-state index contributed by atoms with van der Waals surface area (Å²) in [5.74, 6) is 0.575. The van der Waals surface area contributed by atoms with Gasteiger partial charge in [-0.25, -0.2) is 4.68 Å². The van der Waals surface area contributed by atoms with Gasteiger partial charge in [-0.2, -0.15) is 5.10 Å². The van der Waals surface area contributed by atoms with Crippen molar-refractivity contribution in [3.8, 4) is 5.88 Å². The van der Waals surface area contributed by atoms with Crippen LogP contribution in [0.15, 0.2) is 0 Å². The lowest BCUT2D eigenvalue weighted by Crippen LogP contribution is -2.03. The van der Waals surface area contributed by atoms with Crippen molar-refractivity contribution in [1.29, 1.82) is 0 Å². The SMILES string of the molecule is CCCCn1nc(C)c(C=O)c1OC. The van der Waals surface area contributed by atoms with Crippen molar-refractivity contribution in [1.82, 2.24) is 9.78 Å². The summed E-state index contributed by atoms with van der Waals surface area (Å²) < 4.78 is 6.91. The highest BCUT2D eigenvalue weighted by molar-refractivity contribution is 5.80. The molecular weight excluding hydrogens is 180 g/mol. The minimum absolute atomic E-state index is 0.559. The van der Waals surface area contributed by atoms with E-state index in [1.807, 2.05) is 6.92 Å². The summed E-state index contributed by atoms with van der Waals surface area (Å²) in [5.41, 5.74) is 1.29. The van der Waals surface area contributed by atoms with Crippen LogP contribution < -0.4 is 4.74 Å². The molecule has 78 valence electrons. The fourth-order valence-corrected chi connectivity index (χ4v) is 1.38. The molecule has 0 unspecified atom stereocenters. The standard InChI is InChI=1S/C10H16N2O2/c1-4-5-6-12-10(14-3)9(7-13)8(2)11-12/h7H,4-6H2,1-3H3. The Morgan fingerprint density at radius 3 is 2.79 bits per heavy atom. The van der Waals surface area contributed by atoms with E-state index in [1.54, 1.807) is 11.8 Å². The number of nitrogens with zero attached hydrogens (tertiary/aromatic N) is 2. The molecule has 4 nitrogen and oxygen atoms in total. The van der Waals surface area contributed by atoms with Crippen LogP contribution in [0.1, 0.15) is 35.8 Å². The number of carbonyl (C=O) groups is 1. The van der Waals surface area contributed by atoms with Gasteiger partial charge in [0, 0.05) is 6.54 Å². The van der Waals surface area contributed by atoms with E-state index in [2.05, 4.69) is 12.0 Å². The van der Waals surface area contributed by atoms with Crippen molar-refractivity contribution < 1.29 is 9.53 Å². The Morgan fingerprint density at radius 1 is 1.57 bits per heavy atom. The largest absolute Gasteiger partial charge is 0.481 e. The first kappa shape index (κ1) is 10.8. The van der Waals surface area contributed by atoms with E-state index in [1.165, 1.54) is 0 Å². The molecule has 4 heteroatoms. The average molecular weight is 196 g/mol. The number of aldehydes is 1. The van der Waals surface area contributed by atoms with E-state index >= 15 is 0 Å². The second kappa shape index (κ2) is 4.79. The maximum Gasteiger partial charge on any atom is 0.222 e. The van der Waals surface area contributed by atoms with Crippen molar-refractivity contribution in [2.24, 2.45) is 0 Å². The molecule has 0 aromatic carbocycles. The fourth-order valence-electron chi connectivity index (χ4n) is 1.38. The van der Waals surface area contributed by atoms with Crippen LogP contribution in [0.2, 0.25) is 0 Å². The molecule has 0 radical (unpaired) electrons. The molecule has 1 rings (SSSR count). The van der Waals surface area contributed by atoms with Gasteiger partial charge in [0.25, 0.3) is 0 Å². The van der Waals surface area contributed by atoms with Gasteiger partial charge in [0.15, 0.2) is 6.29 Å². The third kappa shape index (κ3) is 1.95. The number of aryl methyl sites for hydroxylation is 2. The lowest BCUT2D eigenvalue weighted by Gasteiger charge is -2.04. The van der Waals surface area contributed by atoms with Crippen molar-refractivity contribution in [3.05, 3.63) is 11.3 Å². The molecule has 0 amide bonds. The van der Waals surface area contributed by atoms with Crippen LogP contribution in [0, 0.1) is 6.92 Å². The van der Waals surface area contributed by atoms with Crippen LogP contribution in [-0.4, -0.2) is 23.2 Å². The average Bonchev–Trinajstić information content (AvgIpc) is 2.50. The molecule has 0 saturated carbocycles. The summed E-state index contributed by atoms with van der Waals surface area (Å²) in [6, 6.07) is 0. The maximum absolute atomic E-state index is 10.8. The summed E-state index contributed by atoms with van der Waals surface area (Å²) in [5, 5.41) is 4.25. The molecule has 0 aliphatic carbocycles. The number of unbranched alkanes of at least 4 members (excludes halogenated alkanes) is 1. The zero-order chi connectivity index (χ0) is 10.6. The summed E-state index contributed by atoms with van der Waals surface area (Å²) >= 11 is 0. The summed E-state index contributed by atoms with van der Waals surface area (Å²) in [7, 11) is 1.56. The van der Waals surface area contributed by atoms with E-state index in [-0.39, 0.29) is 0 Å². The molecular formula is C10H16N2O2. The Labute approximate surface area is 83.9 Å². The monoisotopic (exact) mass is 196 g/mol. The Hall–Kier alpha value is -1.32. The molecule has 0 saturated heterocycles. The number of hydrogen-bond donors (Lipinski definition) is 0. The first-order chi connectivity index (χ1) is 6.74. The maximum atomic E-state index is 10.8. The molecule has 0 atom stereocenters. The fraction of sp³-hybridized carbons (Fsp3) is 0.600. The van der Waals surface area contributed by atoms with E-state index in [4.69, 9.17) is 4.74 Å². The molecule has 1 heterocycles. The van der Waals surface area contributed by atoms with Gasteiger partial charge in [0.2, 0.25) is 5.88 Å². The van der Waals surface area contributed by atoms with Crippen LogP contribution in [0.4, 0.5) is 0 Å². The summed E-state index contributed by atoms with van der Waals surface area (Å²) in [4.78, 5) is 10.8. The van der Waals surface area contributed by atoms with E-state index in [0.29, 0.717) is 11.4 Å². The van der Waals surface area contributed by atoms with Gasteiger partial charge in [0.05, 0.1) is 18.4 Å². The van der Waals surface area contributed by atoms with Crippen LogP contribution in [0.3, 0.4) is 0 Å². The van der Waals surface area contributed by atoms with E-state index in [0.717, 1.165) is 31.4 Å². The van der Waals surface area contributed by atoms with Gasteiger partial charge >= 0.3 is 0 Å². The Kier molecular flexibility index (Phi) is 3.68. The summed E-state index contributed by atoms with van der Waals surface area (Å²) in [6.07, 6.45) is 2.93. The van der Waals surface area contributed by atoms with Crippen LogP contribution in [-0.2, 0) is 6.54 Å². The van der Waals surface area contributed by atoms with Gasteiger partial charge < -0.3 is 4.74 Å². The van der Waals surface area contributed by atoms with Gasteiger partial charge in [-0.3, -0.25) is 4.79 Å². The molecule has 0 fully saturated rings. The van der Waals surface area contributed by atoms with Crippen molar-refractivity contribution in [2.45, 2.75) is 33.2 Å². The van der Waals surface area contributed by atoms with Gasteiger partial charge in [-0.1, -0.05) is 13.3 Å². The number of hydrogen-bond acceptors (Lipinski definition) is 3. The van der Waals surface area contributed by atoms with E-state index in [9.17, 15) is 4.79 Å². The second-order valence-electron chi connectivity index (χ2n) is 3.20. The summed E-state index contributed by atoms with van der Waals surface area (Å²) in [6.45, 7) is 4.73. The normalized spacial score (nSPS) is 10.2. The predicted octanol–water partition coefficient (Wildman–Crippen LogP) is 1.81. The Balaban J connectivity index is 2.98. The Bertz CT molecular complexity index is 318. The third-order valence-corrected chi connectivity index (χ3v) is 2.16. The molecule has 0 N–H and O–H groups in total. The molecule has 1 aromatic heterocycles. The van der Waals surface area contributed by atoms with Crippen molar-refractivity contribution >= 4 is 6.29 Å². The molecule has 1 aromatic rings. The lowest BCUT2D eigenvalue weighted by molar-refractivity contribution is 0.111. The minimum Gasteiger partial charge on any atom is -0.481 e.